The number of hydrogen-bond acceptors (Lipinski definition) is 3. The van der Waals surface area contributed by atoms with E-state index >= 15 is 0 Å². The average molecular weight is 256 g/mol. The van der Waals surface area contributed by atoms with Crippen LogP contribution in [0.3, 0.4) is 0 Å². The van der Waals surface area contributed by atoms with Crippen molar-refractivity contribution in [3.8, 4) is 0 Å². The maximum Gasteiger partial charge on any atom is 0.214 e. The summed E-state index contributed by atoms with van der Waals surface area (Å²) in [7, 11) is 0. The first-order valence-electron chi connectivity index (χ1n) is 6.02. The number of anilines is 1. The molecule has 0 saturated heterocycles. The lowest BCUT2D eigenvalue weighted by Crippen LogP contribution is -2.02. The van der Waals surface area contributed by atoms with E-state index in [2.05, 4.69) is 15.3 Å². The lowest BCUT2D eigenvalue weighted by Gasteiger charge is -2.02. The van der Waals surface area contributed by atoms with Crippen LogP contribution in [0.4, 0.5) is 10.2 Å². The number of fused-ring (bicyclic) bond motifs is 1. The summed E-state index contributed by atoms with van der Waals surface area (Å²) in [5.74, 6) is 0.0182. The minimum absolute atomic E-state index is 0.490. The maximum atomic E-state index is 12.9. The van der Waals surface area contributed by atoms with Crippen molar-refractivity contribution < 1.29 is 4.39 Å². The van der Waals surface area contributed by atoms with Crippen molar-refractivity contribution in [1.82, 2.24) is 14.4 Å². The third kappa shape index (κ3) is 2.40. The first-order valence-corrected chi connectivity index (χ1v) is 6.02. The fourth-order valence-corrected chi connectivity index (χ4v) is 1.97. The van der Waals surface area contributed by atoms with Gasteiger partial charge in [0.05, 0.1) is 12.2 Å². The van der Waals surface area contributed by atoms with Gasteiger partial charge in [-0.05, 0) is 31.2 Å². The van der Waals surface area contributed by atoms with Crippen LogP contribution in [0.5, 0.6) is 0 Å². The monoisotopic (exact) mass is 256 g/mol. The highest BCUT2D eigenvalue weighted by Crippen LogP contribution is 2.10. The molecule has 5 heteroatoms. The Morgan fingerprint density at radius 1 is 1.16 bits per heavy atom. The van der Waals surface area contributed by atoms with Crippen LogP contribution in [0.15, 0.2) is 42.6 Å². The largest absolute Gasteiger partial charge is 0.364 e. The Hall–Kier alpha value is -2.43. The summed E-state index contributed by atoms with van der Waals surface area (Å²) in [6.45, 7) is 2.54. The number of nitrogens with zero attached hydrogens (tertiary/aromatic N) is 3. The van der Waals surface area contributed by atoms with Crippen LogP contribution in [0.25, 0.3) is 5.65 Å². The Morgan fingerprint density at radius 3 is 2.79 bits per heavy atom. The second kappa shape index (κ2) is 4.68. The Bertz CT molecular complexity index is 720. The van der Waals surface area contributed by atoms with Crippen molar-refractivity contribution in [1.29, 1.82) is 0 Å². The van der Waals surface area contributed by atoms with Gasteiger partial charge >= 0.3 is 0 Å². The zero-order valence-corrected chi connectivity index (χ0v) is 10.5. The van der Waals surface area contributed by atoms with Gasteiger partial charge in [-0.25, -0.2) is 9.97 Å². The molecular formula is C14H13FN4. The molecule has 0 amide bonds. The van der Waals surface area contributed by atoms with Gasteiger partial charge in [-0.15, -0.1) is 0 Å². The van der Waals surface area contributed by atoms with Crippen molar-refractivity contribution in [3.63, 3.8) is 0 Å². The molecule has 0 aliphatic heterocycles. The number of imidazole rings is 1. The molecule has 3 aromatic heterocycles. The topological polar surface area (TPSA) is 42.2 Å². The fourth-order valence-electron chi connectivity index (χ4n) is 1.97. The maximum absolute atomic E-state index is 12.9. The highest BCUT2D eigenvalue weighted by Gasteiger charge is 2.03. The van der Waals surface area contributed by atoms with Crippen LogP contribution in [0.2, 0.25) is 0 Å². The van der Waals surface area contributed by atoms with Gasteiger partial charge in [-0.3, -0.25) is 0 Å². The highest BCUT2D eigenvalue weighted by atomic mass is 19.1. The van der Waals surface area contributed by atoms with E-state index in [1.807, 2.05) is 35.7 Å². The van der Waals surface area contributed by atoms with Crippen LogP contribution in [-0.2, 0) is 6.54 Å². The van der Waals surface area contributed by atoms with Gasteiger partial charge in [0.2, 0.25) is 5.95 Å². The first kappa shape index (κ1) is 11.6. The van der Waals surface area contributed by atoms with Crippen molar-refractivity contribution in [2.24, 2.45) is 0 Å². The van der Waals surface area contributed by atoms with E-state index in [4.69, 9.17) is 0 Å². The number of halogens is 1. The molecule has 0 aromatic carbocycles. The SMILES string of the molecule is Cc1cccc2nc(CNc3cccc(F)n3)cn12. The molecule has 4 nitrogen and oxygen atoms in total. The number of aromatic nitrogens is 3. The highest BCUT2D eigenvalue weighted by molar-refractivity contribution is 5.42. The smallest absolute Gasteiger partial charge is 0.214 e. The zero-order chi connectivity index (χ0) is 13.2. The molecule has 0 spiro atoms. The molecule has 1 N–H and O–H groups in total. The molecule has 0 bridgehead atoms. The van der Waals surface area contributed by atoms with Gasteiger partial charge in [-0.1, -0.05) is 12.1 Å². The summed E-state index contributed by atoms with van der Waals surface area (Å²) in [5, 5.41) is 3.06. The third-order valence-corrected chi connectivity index (χ3v) is 2.91. The normalized spacial score (nSPS) is 10.8. The molecule has 96 valence electrons. The molecule has 3 heterocycles. The quantitative estimate of drug-likeness (QED) is 0.733. The predicted octanol–water partition coefficient (Wildman–Crippen LogP) is 2.79. The van der Waals surface area contributed by atoms with Gasteiger partial charge in [0.15, 0.2) is 0 Å². The standard InChI is InChI=1S/C14H13FN4/c1-10-4-2-7-14-17-11(9-19(10)14)8-16-13-6-3-5-12(15)18-13/h2-7,9H,8H2,1H3,(H,16,18). The van der Waals surface area contributed by atoms with E-state index < -0.39 is 5.95 Å². The Balaban J connectivity index is 1.80. The summed E-state index contributed by atoms with van der Waals surface area (Å²) >= 11 is 0. The lowest BCUT2D eigenvalue weighted by atomic mass is 10.4. The van der Waals surface area contributed by atoms with Crippen molar-refractivity contribution in [2.75, 3.05) is 5.32 Å². The summed E-state index contributed by atoms with van der Waals surface area (Å²) in [6, 6.07) is 10.6. The Kier molecular flexibility index (Phi) is 2.87. The molecule has 0 fully saturated rings. The zero-order valence-electron chi connectivity index (χ0n) is 10.5. The minimum atomic E-state index is -0.490. The number of aryl methyl sites for hydroxylation is 1. The van der Waals surface area contributed by atoms with Crippen LogP contribution >= 0.6 is 0 Å². The van der Waals surface area contributed by atoms with Gasteiger partial charge in [-0.2, -0.15) is 4.39 Å². The molecule has 0 radical (unpaired) electrons. The first-order chi connectivity index (χ1) is 9.22. The number of hydrogen-bond donors (Lipinski definition) is 1. The third-order valence-electron chi connectivity index (χ3n) is 2.91. The second-order valence-electron chi connectivity index (χ2n) is 4.33. The van der Waals surface area contributed by atoms with Crippen molar-refractivity contribution >= 4 is 11.5 Å². The fraction of sp³-hybridized carbons (Fsp3) is 0.143. The summed E-state index contributed by atoms with van der Waals surface area (Å²) < 4.78 is 15.0. The number of pyridine rings is 2. The molecule has 19 heavy (non-hydrogen) atoms. The molecule has 0 aliphatic carbocycles. The van der Waals surface area contributed by atoms with E-state index in [1.54, 1.807) is 12.1 Å². The lowest BCUT2D eigenvalue weighted by molar-refractivity contribution is 0.585. The average Bonchev–Trinajstić information content (AvgIpc) is 2.81. The Labute approximate surface area is 109 Å². The van der Waals surface area contributed by atoms with Crippen LogP contribution < -0.4 is 5.32 Å². The van der Waals surface area contributed by atoms with Gasteiger partial charge in [0.1, 0.15) is 11.5 Å². The minimum Gasteiger partial charge on any atom is -0.364 e. The van der Waals surface area contributed by atoms with Crippen LogP contribution in [-0.4, -0.2) is 14.4 Å². The Morgan fingerprint density at radius 2 is 2.00 bits per heavy atom. The summed E-state index contributed by atoms with van der Waals surface area (Å²) in [5.41, 5.74) is 2.92. The molecular weight excluding hydrogens is 243 g/mol. The number of nitrogens with one attached hydrogen (secondary N) is 1. The van der Waals surface area contributed by atoms with E-state index in [-0.39, 0.29) is 0 Å². The molecule has 3 rings (SSSR count). The van der Waals surface area contributed by atoms with E-state index in [0.29, 0.717) is 12.4 Å². The van der Waals surface area contributed by atoms with Crippen molar-refractivity contribution in [2.45, 2.75) is 13.5 Å². The van der Waals surface area contributed by atoms with E-state index in [9.17, 15) is 4.39 Å². The van der Waals surface area contributed by atoms with Gasteiger partial charge < -0.3 is 9.72 Å². The summed E-state index contributed by atoms with van der Waals surface area (Å²) in [4.78, 5) is 8.24. The van der Waals surface area contributed by atoms with Gasteiger partial charge in [0.25, 0.3) is 0 Å². The van der Waals surface area contributed by atoms with Gasteiger partial charge in [0, 0.05) is 11.9 Å². The molecule has 0 unspecified atom stereocenters. The van der Waals surface area contributed by atoms with E-state index in [0.717, 1.165) is 17.0 Å². The van der Waals surface area contributed by atoms with E-state index in [1.165, 1.54) is 6.07 Å². The molecule has 3 aromatic rings. The number of rotatable bonds is 3. The van der Waals surface area contributed by atoms with Crippen LogP contribution in [0, 0.1) is 12.9 Å². The van der Waals surface area contributed by atoms with Crippen molar-refractivity contribution in [3.05, 3.63) is 59.9 Å². The second-order valence-corrected chi connectivity index (χ2v) is 4.33. The molecule has 0 saturated carbocycles. The van der Waals surface area contributed by atoms with Crippen LogP contribution in [0.1, 0.15) is 11.4 Å². The summed E-state index contributed by atoms with van der Waals surface area (Å²) in [6.07, 6.45) is 1.97. The molecule has 0 atom stereocenters. The predicted molar refractivity (Wildman–Crippen MR) is 71.5 cm³/mol. The molecule has 0 aliphatic rings.